The molecular weight excluding hydrogens is 255 g/mol. The fourth-order valence-corrected chi connectivity index (χ4v) is 2.30. The van der Waals surface area contributed by atoms with Gasteiger partial charge in [0.1, 0.15) is 11.6 Å². The molecule has 1 amide bonds. The van der Waals surface area contributed by atoms with Gasteiger partial charge in [-0.15, -0.1) is 11.8 Å². The maximum atomic E-state index is 13.6. The second kappa shape index (κ2) is 5.14. The molecule has 0 fully saturated rings. The van der Waals surface area contributed by atoms with E-state index in [0.29, 0.717) is 10.6 Å². The Morgan fingerprint density at radius 1 is 1.44 bits per heavy atom. The third kappa shape index (κ3) is 2.65. The van der Waals surface area contributed by atoms with Crippen LogP contribution in [0.1, 0.15) is 16.1 Å². The van der Waals surface area contributed by atoms with Crippen LogP contribution >= 0.6 is 11.8 Å². The molecule has 0 aliphatic rings. The minimum Gasteiger partial charge on any atom is -0.468 e. The minimum absolute atomic E-state index is 0.0438. The molecule has 0 unspecified atom stereocenters. The van der Waals surface area contributed by atoms with Crippen LogP contribution in [-0.2, 0) is 5.75 Å². The Balaban J connectivity index is 2.22. The van der Waals surface area contributed by atoms with Gasteiger partial charge in [0.2, 0.25) is 0 Å². The fourth-order valence-electron chi connectivity index (χ4n) is 1.44. The highest BCUT2D eigenvalue weighted by atomic mass is 32.2. The number of nitrogen functional groups attached to an aromatic ring is 1. The van der Waals surface area contributed by atoms with Crippen molar-refractivity contribution in [3.63, 3.8) is 0 Å². The number of nitrogens with two attached hydrogens (primary N) is 2. The lowest BCUT2D eigenvalue weighted by Gasteiger charge is -2.06. The average Bonchev–Trinajstić information content (AvgIpc) is 2.80. The van der Waals surface area contributed by atoms with E-state index < -0.39 is 11.7 Å². The number of rotatable bonds is 4. The number of thioether (sulfide) groups is 1. The zero-order valence-electron chi connectivity index (χ0n) is 9.35. The second-order valence-electron chi connectivity index (χ2n) is 3.60. The van der Waals surface area contributed by atoms with Crippen LogP contribution in [0.2, 0.25) is 0 Å². The van der Waals surface area contributed by atoms with E-state index in [-0.39, 0.29) is 11.3 Å². The summed E-state index contributed by atoms with van der Waals surface area (Å²) in [7, 11) is 0. The number of hydrogen-bond acceptors (Lipinski definition) is 4. The molecule has 0 spiro atoms. The maximum absolute atomic E-state index is 13.6. The molecule has 18 heavy (non-hydrogen) atoms. The highest BCUT2D eigenvalue weighted by Gasteiger charge is 2.12. The highest BCUT2D eigenvalue weighted by molar-refractivity contribution is 7.98. The molecule has 0 saturated heterocycles. The SMILES string of the molecule is NC(=O)c1cc(SCc2ccco2)c(F)cc1N. The number of hydrogen-bond donors (Lipinski definition) is 2. The lowest BCUT2D eigenvalue weighted by Crippen LogP contribution is -2.14. The van der Waals surface area contributed by atoms with Gasteiger partial charge in [-0.2, -0.15) is 0 Å². The Kier molecular flexibility index (Phi) is 3.57. The van der Waals surface area contributed by atoms with Crippen LogP contribution < -0.4 is 11.5 Å². The van der Waals surface area contributed by atoms with Crippen molar-refractivity contribution in [3.8, 4) is 0 Å². The lowest BCUT2D eigenvalue weighted by atomic mass is 10.1. The van der Waals surface area contributed by atoms with Crippen LogP contribution in [0.25, 0.3) is 0 Å². The van der Waals surface area contributed by atoms with Gasteiger partial charge >= 0.3 is 0 Å². The normalized spacial score (nSPS) is 10.5. The van der Waals surface area contributed by atoms with Crippen molar-refractivity contribution >= 4 is 23.4 Å². The van der Waals surface area contributed by atoms with E-state index in [0.717, 1.165) is 11.8 Å². The Morgan fingerprint density at radius 2 is 2.22 bits per heavy atom. The number of furan rings is 1. The van der Waals surface area contributed by atoms with Gasteiger partial charge in [0.05, 0.1) is 17.6 Å². The number of carbonyl (C=O) groups excluding carboxylic acids is 1. The van der Waals surface area contributed by atoms with Gasteiger partial charge in [0.25, 0.3) is 5.91 Å². The summed E-state index contributed by atoms with van der Waals surface area (Å²) in [5.74, 6) is 0.0322. The number of amides is 1. The van der Waals surface area contributed by atoms with E-state index >= 15 is 0 Å². The number of carbonyl (C=O) groups is 1. The Labute approximate surface area is 107 Å². The maximum Gasteiger partial charge on any atom is 0.250 e. The molecule has 2 aromatic rings. The first-order chi connectivity index (χ1) is 8.58. The van der Waals surface area contributed by atoms with Crippen LogP contribution in [0.4, 0.5) is 10.1 Å². The number of halogens is 1. The summed E-state index contributed by atoms with van der Waals surface area (Å²) >= 11 is 1.21. The van der Waals surface area contributed by atoms with Crippen molar-refractivity contribution in [2.75, 3.05) is 5.73 Å². The topological polar surface area (TPSA) is 82.2 Å². The van der Waals surface area contributed by atoms with E-state index in [2.05, 4.69) is 0 Å². The third-order valence-corrected chi connectivity index (χ3v) is 3.37. The monoisotopic (exact) mass is 266 g/mol. The van der Waals surface area contributed by atoms with Gasteiger partial charge in [0.15, 0.2) is 0 Å². The molecule has 0 atom stereocenters. The van der Waals surface area contributed by atoms with Crippen molar-refractivity contribution in [2.24, 2.45) is 5.73 Å². The molecule has 4 N–H and O–H groups in total. The molecule has 6 heteroatoms. The summed E-state index contributed by atoms with van der Waals surface area (Å²) in [5, 5.41) is 0. The van der Waals surface area contributed by atoms with E-state index in [4.69, 9.17) is 15.9 Å². The molecule has 1 heterocycles. The third-order valence-electron chi connectivity index (χ3n) is 2.32. The minimum atomic E-state index is -0.674. The van der Waals surface area contributed by atoms with E-state index in [1.807, 2.05) is 0 Å². The first kappa shape index (κ1) is 12.5. The number of primary amides is 1. The standard InChI is InChI=1S/C12H11FN2O2S/c13-9-5-10(14)8(12(15)16)4-11(9)18-6-7-2-1-3-17-7/h1-5H,6,14H2,(H2,15,16). The summed E-state index contributed by atoms with van der Waals surface area (Å²) in [6.07, 6.45) is 1.55. The van der Waals surface area contributed by atoms with E-state index in [1.54, 1.807) is 18.4 Å². The molecule has 1 aromatic carbocycles. The highest BCUT2D eigenvalue weighted by Crippen LogP contribution is 2.29. The number of anilines is 1. The molecule has 94 valence electrons. The van der Waals surface area contributed by atoms with E-state index in [1.165, 1.54) is 17.8 Å². The summed E-state index contributed by atoms with van der Waals surface area (Å²) in [6.45, 7) is 0. The largest absolute Gasteiger partial charge is 0.468 e. The van der Waals surface area contributed by atoms with Crippen molar-refractivity contribution in [3.05, 3.63) is 47.7 Å². The van der Waals surface area contributed by atoms with Crippen LogP contribution in [0.5, 0.6) is 0 Å². The van der Waals surface area contributed by atoms with Crippen LogP contribution in [0, 0.1) is 5.82 Å². The first-order valence-corrected chi connectivity index (χ1v) is 6.10. The average molecular weight is 266 g/mol. The Hall–Kier alpha value is -1.95. The zero-order chi connectivity index (χ0) is 13.1. The molecule has 2 rings (SSSR count). The van der Waals surface area contributed by atoms with E-state index in [9.17, 15) is 9.18 Å². The zero-order valence-corrected chi connectivity index (χ0v) is 10.2. The summed E-state index contributed by atoms with van der Waals surface area (Å²) in [5.41, 5.74) is 10.8. The summed E-state index contributed by atoms with van der Waals surface area (Å²) in [6, 6.07) is 6.01. The van der Waals surface area contributed by atoms with Gasteiger partial charge in [-0.3, -0.25) is 4.79 Å². The lowest BCUT2D eigenvalue weighted by molar-refractivity contribution is 0.100. The molecular formula is C12H11FN2O2S. The molecule has 0 aliphatic heterocycles. The van der Waals surface area contributed by atoms with Crippen molar-refractivity contribution in [1.29, 1.82) is 0 Å². The van der Waals surface area contributed by atoms with Gasteiger partial charge in [0, 0.05) is 10.6 Å². The fraction of sp³-hybridized carbons (Fsp3) is 0.0833. The Bertz CT molecular complexity index is 570. The molecule has 4 nitrogen and oxygen atoms in total. The molecule has 0 radical (unpaired) electrons. The quantitative estimate of drug-likeness (QED) is 0.657. The predicted octanol–water partition coefficient (Wildman–Crippen LogP) is 2.39. The van der Waals surface area contributed by atoms with Crippen LogP contribution in [0.15, 0.2) is 39.8 Å². The van der Waals surface area contributed by atoms with Gasteiger partial charge < -0.3 is 15.9 Å². The van der Waals surface area contributed by atoms with Gasteiger partial charge in [-0.05, 0) is 24.3 Å². The Morgan fingerprint density at radius 3 is 2.83 bits per heavy atom. The van der Waals surface area contributed by atoms with Crippen molar-refractivity contribution < 1.29 is 13.6 Å². The van der Waals surface area contributed by atoms with Gasteiger partial charge in [-0.1, -0.05) is 0 Å². The van der Waals surface area contributed by atoms with Crippen molar-refractivity contribution in [1.82, 2.24) is 0 Å². The first-order valence-electron chi connectivity index (χ1n) is 5.12. The molecule has 0 bridgehead atoms. The summed E-state index contributed by atoms with van der Waals surface area (Å²) in [4.78, 5) is 11.4. The molecule has 1 aromatic heterocycles. The van der Waals surface area contributed by atoms with Gasteiger partial charge in [-0.25, -0.2) is 4.39 Å². The summed E-state index contributed by atoms with van der Waals surface area (Å²) < 4.78 is 18.8. The van der Waals surface area contributed by atoms with Crippen LogP contribution in [0.3, 0.4) is 0 Å². The number of benzene rings is 1. The smallest absolute Gasteiger partial charge is 0.250 e. The van der Waals surface area contributed by atoms with Crippen molar-refractivity contribution in [2.45, 2.75) is 10.6 Å². The predicted molar refractivity (Wildman–Crippen MR) is 67.6 cm³/mol. The molecule has 0 saturated carbocycles. The molecule has 0 aliphatic carbocycles. The van der Waals surface area contributed by atoms with Crippen LogP contribution in [-0.4, -0.2) is 5.91 Å². The second-order valence-corrected chi connectivity index (χ2v) is 4.62.